The molecule has 0 aromatic heterocycles. The minimum absolute atomic E-state index is 0.510. The summed E-state index contributed by atoms with van der Waals surface area (Å²) in [7, 11) is 0. The molecule has 0 saturated carbocycles. The van der Waals surface area contributed by atoms with Crippen LogP contribution < -0.4 is 0 Å². The molecule has 1 unspecified atom stereocenters. The Morgan fingerprint density at radius 2 is 2.67 bits per heavy atom. The fourth-order valence-corrected chi connectivity index (χ4v) is 1.00. The fourth-order valence-electron chi connectivity index (χ4n) is 1.00. The van der Waals surface area contributed by atoms with E-state index in [9.17, 15) is 0 Å². The number of allylic oxidation sites excluding steroid dienone is 1. The van der Waals surface area contributed by atoms with Crippen LogP contribution in [0.1, 0.15) is 19.3 Å². The van der Waals surface area contributed by atoms with Gasteiger partial charge in [0.25, 0.3) is 0 Å². The summed E-state index contributed by atoms with van der Waals surface area (Å²) in [6.45, 7) is 7.46. The molecule has 2 radical (unpaired) electrons. The lowest BCUT2D eigenvalue weighted by atomic mass is 9.99. The van der Waals surface area contributed by atoms with Crippen molar-refractivity contribution in [2.24, 2.45) is 5.92 Å². The first-order valence-corrected chi connectivity index (χ1v) is 3.41. The van der Waals surface area contributed by atoms with Crippen LogP contribution in [0, 0.1) is 12.5 Å². The molecule has 0 N–H and O–H groups in total. The van der Waals surface area contributed by atoms with Crippen LogP contribution in [0.5, 0.6) is 0 Å². The van der Waals surface area contributed by atoms with Gasteiger partial charge in [0.05, 0.1) is 0 Å². The van der Waals surface area contributed by atoms with Crippen LogP contribution in [0.2, 0.25) is 0 Å². The zero-order chi connectivity index (χ0) is 6.53. The third-order valence-electron chi connectivity index (χ3n) is 1.50. The highest BCUT2D eigenvalue weighted by Gasteiger charge is 2.12. The molecule has 0 aromatic carbocycles. The molecular formula is C8H12O. The highest BCUT2D eigenvalue weighted by molar-refractivity contribution is 4.80. The Morgan fingerprint density at radius 3 is 3.22 bits per heavy atom. The molecule has 1 fully saturated rings. The van der Waals surface area contributed by atoms with E-state index in [1.165, 1.54) is 12.8 Å². The van der Waals surface area contributed by atoms with Gasteiger partial charge in [-0.1, -0.05) is 6.08 Å². The maximum Gasteiger partial charge on any atom is 0.135 e. The van der Waals surface area contributed by atoms with E-state index < -0.39 is 0 Å². The van der Waals surface area contributed by atoms with Crippen molar-refractivity contribution in [1.82, 2.24) is 0 Å². The zero-order valence-electron chi connectivity index (χ0n) is 5.60. The predicted octanol–water partition coefficient (Wildman–Crippen LogP) is 2.03. The van der Waals surface area contributed by atoms with Crippen molar-refractivity contribution in [2.45, 2.75) is 19.3 Å². The van der Waals surface area contributed by atoms with Crippen molar-refractivity contribution in [2.75, 3.05) is 6.61 Å². The molecule has 0 bridgehead atoms. The predicted molar refractivity (Wildman–Crippen MR) is 36.7 cm³/mol. The smallest absolute Gasteiger partial charge is 0.135 e. The van der Waals surface area contributed by atoms with Crippen LogP contribution in [0.15, 0.2) is 12.7 Å². The number of rotatable bonds is 2. The Bertz CT molecular complexity index is 82.6. The molecule has 1 aliphatic heterocycles. The van der Waals surface area contributed by atoms with Gasteiger partial charge in [0, 0.05) is 6.61 Å². The van der Waals surface area contributed by atoms with Crippen molar-refractivity contribution in [3.8, 4) is 0 Å². The highest BCUT2D eigenvalue weighted by atomic mass is 16.5. The third-order valence-corrected chi connectivity index (χ3v) is 1.50. The zero-order valence-corrected chi connectivity index (χ0v) is 5.60. The summed E-state index contributed by atoms with van der Waals surface area (Å²) in [6.07, 6.45) is 5.32. The summed E-state index contributed by atoms with van der Waals surface area (Å²) in [4.78, 5) is 0. The normalized spacial score (nSPS) is 27.8. The third kappa shape index (κ3) is 2.19. The Balaban J connectivity index is 2.15. The van der Waals surface area contributed by atoms with Gasteiger partial charge < -0.3 is 4.74 Å². The van der Waals surface area contributed by atoms with Gasteiger partial charge in [-0.3, -0.25) is 0 Å². The van der Waals surface area contributed by atoms with Crippen molar-refractivity contribution in [3.63, 3.8) is 0 Å². The monoisotopic (exact) mass is 124 g/mol. The lowest BCUT2D eigenvalue weighted by Gasteiger charge is -2.18. The average Bonchev–Trinajstić information content (AvgIpc) is 1.91. The second kappa shape index (κ2) is 3.67. The van der Waals surface area contributed by atoms with Gasteiger partial charge in [-0.2, -0.15) is 0 Å². The Labute approximate surface area is 56.7 Å². The van der Waals surface area contributed by atoms with E-state index >= 15 is 0 Å². The Morgan fingerprint density at radius 1 is 1.78 bits per heavy atom. The van der Waals surface area contributed by atoms with Gasteiger partial charge in [0.15, 0.2) is 0 Å². The van der Waals surface area contributed by atoms with E-state index in [2.05, 4.69) is 13.2 Å². The maximum absolute atomic E-state index is 5.04. The summed E-state index contributed by atoms with van der Waals surface area (Å²) in [5, 5.41) is 0. The Hall–Kier alpha value is -0.300. The molecule has 0 amide bonds. The van der Waals surface area contributed by atoms with Crippen LogP contribution >= 0.6 is 0 Å². The topological polar surface area (TPSA) is 9.23 Å². The summed E-state index contributed by atoms with van der Waals surface area (Å²) in [5.74, 6) is 0.510. The molecular weight excluding hydrogens is 112 g/mol. The molecule has 1 nitrogen and oxygen atoms in total. The number of hydrogen-bond acceptors (Lipinski definition) is 1. The number of ether oxygens (including phenoxy) is 1. The molecule has 1 rings (SSSR count). The molecule has 1 saturated heterocycles. The standard InChI is InChI=1S/C8H12O/c1-2-4-8-5-3-6-9-7-8/h2,8H,1,3-6H2. The molecule has 1 atom stereocenters. The van der Waals surface area contributed by atoms with Gasteiger partial charge in [-0.25, -0.2) is 0 Å². The first kappa shape index (κ1) is 6.81. The minimum Gasteiger partial charge on any atom is -0.368 e. The van der Waals surface area contributed by atoms with Crippen molar-refractivity contribution in [3.05, 3.63) is 19.3 Å². The summed E-state index contributed by atoms with van der Waals surface area (Å²) in [6, 6.07) is 0. The van der Waals surface area contributed by atoms with Crippen LogP contribution in [0.4, 0.5) is 0 Å². The largest absolute Gasteiger partial charge is 0.368 e. The average molecular weight is 124 g/mol. The molecule has 0 aromatic rings. The minimum atomic E-state index is 0.510. The van der Waals surface area contributed by atoms with Gasteiger partial charge in [0.2, 0.25) is 0 Å². The van der Waals surface area contributed by atoms with E-state index in [0.717, 1.165) is 13.0 Å². The van der Waals surface area contributed by atoms with Gasteiger partial charge in [0.1, 0.15) is 6.61 Å². The van der Waals surface area contributed by atoms with Crippen LogP contribution in [0.25, 0.3) is 0 Å². The molecule has 1 aliphatic rings. The first-order chi connectivity index (χ1) is 4.43. The van der Waals surface area contributed by atoms with Crippen LogP contribution in [-0.4, -0.2) is 6.61 Å². The molecule has 0 aliphatic carbocycles. The number of hydrogen-bond donors (Lipinski definition) is 0. The van der Waals surface area contributed by atoms with Crippen molar-refractivity contribution >= 4 is 0 Å². The van der Waals surface area contributed by atoms with Crippen molar-refractivity contribution in [1.29, 1.82) is 0 Å². The quantitative estimate of drug-likeness (QED) is 0.512. The Kier molecular flexibility index (Phi) is 2.78. The van der Waals surface area contributed by atoms with Crippen LogP contribution in [0.3, 0.4) is 0 Å². The lowest BCUT2D eigenvalue weighted by molar-refractivity contribution is 0.117. The maximum atomic E-state index is 5.04. The van der Waals surface area contributed by atoms with Crippen molar-refractivity contribution < 1.29 is 4.74 Å². The van der Waals surface area contributed by atoms with E-state index in [1.54, 1.807) is 0 Å². The summed E-state index contributed by atoms with van der Waals surface area (Å²) < 4.78 is 5.04. The second-order valence-corrected chi connectivity index (χ2v) is 2.33. The SMILES string of the molecule is C=CCC1[C]OCCC1. The molecule has 1 heterocycles. The van der Waals surface area contributed by atoms with E-state index in [-0.39, 0.29) is 0 Å². The highest BCUT2D eigenvalue weighted by Crippen LogP contribution is 2.20. The summed E-state index contributed by atoms with van der Waals surface area (Å²) in [5.41, 5.74) is 0. The molecule has 1 heteroatoms. The van der Waals surface area contributed by atoms with E-state index in [0.29, 0.717) is 5.92 Å². The fraction of sp³-hybridized carbons (Fsp3) is 0.625. The summed E-state index contributed by atoms with van der Waals surface area (Å²) >= 11 is 0. The van der Waals surface area contributed by atoms with Gasteiger partial charge >= 0.3 is 0 Å². The molecule has 9 heavy (non-hydrogen) atoms. The van der Waals surface area contributed by atoms with Gasteiger partial charge in [-0.15, -0.1) is 6.58 Å². The molecule has 50 valence electrons. The van der Waals surface area contributed by atoms with E-state index in [1.807, 2.05) is 6.08 Å². The second-order valence-electron chi connectivity index (χ2n) is 2.33. The lowest BCUT2D eigenvalue weighted by Crippen LogP contribution is -2.11. The van der Waals surface area contributed by atoms with Gasteiger partial charge in [-0.05, 0) is 25.2 Å². The van der Waals surface area contributed by atoms with Crippen LogP contribution in [-0.2, 0) is 4.74 Å². The first-order valence-electron chi connectivity index (χ1n) is 3.41. The van der Waals surface area contributed by atoms with E-state index in [4.69, 9.17) is 4.74 Å². The molecule has 0 spiro atoms.